The highest BCUT2D eigenvalue weighted by Gasteiger charge is 2.02. The number of hydrogen-bond acceptors (Lipinski definition) is 4. The normalized spacial score (nSPS) is 11.1. The van der Waals surface area contributed by atoms with Crippen molar-refractivity contribution in [3.8, 4) is 5.75 Å². The van der Waals surface area contributed by atoms with Crippen molar-refractivity contribution < 1.29 is 19.7 Å². The van der Waals surface area contributed by atoms with Crippen LogP contribution in [0, 0.1) is 6.92 Å². The van der Waals surface area contributed by atoms with Gasteiger partial charge in [0, 0.05) is 5.56 Å². The van der Waals surface area contributed by atoms with Crippen LogP contribution in [0.25, 0.3) is 0 Å². The number of benzene rings is 2. The van der Waals surface area contributed by atoms with Crippen molar-refractivity contribution >= 4 is 6.29 Å². The Morgan fingerprint density at radius 1 is 1.14 bits per heavy atom. The number of aliphatic hydroxyl groups is 2. The van der Waals surface area contributed by atoms with E-state index in [1.54, 1.807) is 6.07 Å². The monoisotopic (exact) mass is 302 g/mol. The highest BCUT2D eigenvalue weighted by molar-refractivity contribution is 5.77. The summed E-state index contributed by atoms with van der Waals surface area (Å²) in [5, 5.41) is 16.0. The third kappa shape index (κ3) is 6.08. The second-order valence-corrected chi connectivity index (χ2v) is 4.90. The second-order valence-electron chi connectivity index (χ2n) is 4.90. The SMILES string of the molecule is CC(O)CO.Cc1ccccc1OCc1ccccc1C=O. The lowest BCUT2D eigenvalue weighted by Gasteiger charge is -2.09. The van der Waals surface area contributed by atoms with Gasteiger partial charge in [-0.25, -0.2) is 0 Å². The zero-order chi connectivity index (χ0) is 16.4. The maximum absolute atomic E-state index is 10.9. The fraction of sp³-hybridized carbons (Fsp3) is 0.278. The van der Waals surface area contributed by atoms with Crippen LogP contribution in [-0.2, 0) is 6.61 Å². The molecule has 0 fully saturated rings. The van der Waals surface area contributed by atoms with E-state index >= 15 is 0 Å². The Morgan fingerprint density at radius 3 is 2.32 bits per heavy atom. The van der Waals surface area contributed by atoms with E-state index in [9.17, 15) is 4.79 Å². The van der Waals surface area contributed by atoms with Crippen LogP contribution >= 0.6 is 0 Å². The first kappa shape index (κ1) is 17.9. The summed E-state index contributed by atoms with van der Waals surface area (Å²) in [6.45, 7) is 3.81. The molecule has 1 atom stereocenters. The van der Waals surface area contributed by atoms with Gasteiger partial charge in [-0.3, -0.25) is 4.79 Å². The summed E-state index contributed by atoms with van der Waals surface area (Å²) in [6.07, 6.45) is 0.297. The minimum atomic E-state index is -0.560. The van der Waals surface area contributed by atoms with Gasteiger partial charge in [0.05, 0.1) is 12.7 Å². The molecule has 0 amide bonds. The van der Waals surface area contributed by atoms with E-state index in [-0.39, 0.29) is 6.61 Å². The van der Waals surface area contributed by atoms with Crippen molar-refractivity contribution in [1.29, 1.82) is 0 Å². The molecule has 2 aromatic carbocycles. The number of aryl methyl sites for hydroxylation is 1. The molecular weight excluding hydrogens is 280 g/mol. The van der Waals surface area contributed by atoms with Crippen molar-refractivity contribution in [2.24, 2.45) is 0 Å². The van der Waals surface area contributed by atoms with E-state index in [4.69, 9.17) is 14.9 Å². The van der Waals surface area contributed by atoms with Crippen molar-refractivity contribution in [1.82, 2.24) is 0 Å². The summed E-state index contributed by atoms with van der Waals surface area (Å²) in [5.41, 5.74) is 2.68. The third-order valence-corrected chi connectivity index (χ3v) is 2.92. The zero-order valence-corrected chi connectivity index (χ0v) is 12.9. The van der Waals surface area contributed by atoms with E-state index < -0.39 is 6.10 Å². The van der Waals surface area contributed by atoms with Gasteiger partial charge >= 0.3 is 0 Å². The molecule has 2 rings (SSSR count). The Balaban J connectivity index is 0.000000422. The van der Waals surface area contributed by atoms with Crippen LogP contribution in [0.4, 0.5) is 0 Å². The molecule has 0 aliphatic rings. The first-order valence-electron chi connectivity index (χ1n) is 7.09. The molecule has 0 spiro atoms. The fourth-order valence-electron chi connectivity index (χ4n) is 1.65. The topological polar surface area (TPSA) is 66.8 Å². The van der Waals surface area contributed by atoms with Crippen LogP contribution in [0.3, 0.4) is 0 Å². The molecule has 2 N–H and O–H groups in total. The Kier molecular flexibility index (Phi) is 7.89. The summed E-state index contributed by atoms with van der Waals surface area (Å²) >= 11 is 0. The van der Waals surface area contributed by atoms with E-state index in [0.29, 0.717) is 12.2 Å². The average molecular weight is 302 g/mol. The minimum Gasteiger partial charge on any atom is -0.489 e. The molecule has 22 heavy (non-hydrogen) atoms. The first-order chi connectivity index (χ1) is 10.6. The number of aliphatic hydroxyl groups excluding tert-OH is 2. The maximum atomic E-state index is 10.9. The Labute approximate surface area is 131 Å². The fourth-order valence-corrected chi connectivity index (χ4v) is 1.65. The number of ether oxygens (including phenoxy) is 1. The Morgan fingerprint density at radius 2 is 1.73 bits per heavy atom. The van der Waals surface area contributed by atoms with Gasteiger partial charge in [0.15, 0.2) is 0 Å². The van der Waals surface area contributed by atoms with Gasteiger partial charge in [-0.1, -0.05) is 42.5 Å². The molecule has 0 saturated carbocycles. The van der Waals surface area contributed by atoms with Crippen molar-refractivity contribution in [3.05, 3.63) is 65.2 Å². The molecule has 0 saturated heterocycles. The molecule has 1 unspecified atom stereocenters. The van der Waals surface area contributed by atoms with E-state index in [1.165, 1.54) is 6.92 Å². The second kappa shape index (κ2) is 9.71. The summed E-state index contributed by atoms with van der Waals surface area (Å²) in [6, 6.07) is 15.3. The molecular formula is C18H22O4. The van der Waals surface area contributed by atoms with Gasteiger partial charge in [0.2, 0.25) is 0 Å². The number of hydrogen-bond donors (Lipinski definition) is 2. The zero-order valence-electron chi connectivity index (χ0n) is 12.9. The predicted octanol–water partition coefficient (Wildman–Crippen LogP) is 2.75. The van der Waals surface area contributed by atoms with Crippen LogP contribution < -0.4 is 4.74 Å². The van der Waals surface area contributed by atoms with Crippen LogP contribution in [0.15, 0.2) is 48.5 Å². The van der Waals surface area contributed by atoms with Gasteiger partial charge in [0.1, 0.15) is 18.6 Å². The van der Waals surface area contributed by atoms with Gasteiger partial charge in [-0.2, -0.15) is 0 Å². The van der Waals surface area contributed by atoms with Crippen LogP contribution in [0.2, 0.25) is 0 Å². The van der Waals surface area contributed by atoms with Crippen molar-refractivity contribution in [2.45, 2.75) is 26.6 Å². The highest BCUT2D eigenvalue weighted by atomic mass is 16.5. The van der Waals surface area contributed by atoms with Crippen molar-refractivity contribution in [3.63, 3.8) is 0 Å². The standard InChI is InChI=1S/C15H14O2.C3H8O2/c1-12-6-2-5-9-15(12)17-11-14-8-4-3-7-13(14)10-16;1-3(5)2-4/h2-10H,11H2,1H3;3-5H,2H2,1H3. The lowest BCUT2D eigenvalue weighted by atomic mass is 10.1. The molecule has 4 nitrogen and oxygen atoms in total. The molecule has 0 radical (unpaired) electrons. The smallest absolute Gasteiger partial charge is 0.150 e. The van der Waals surface area contributed by atoms with Crippen LogP contribution in [0.1, 0.15) is 28.4 Å². The average Bonchev–Trinajstić information content (AvgIpc) is 2.55. The maximum Gasteiger partial charge on any atom is 0.150 e. The van der Waals surface area contributed by atoms with E-state index in [0.717, 1.165) is 23.2 Å². The highest BCUT2D eigenvalue weighted by Crippen LogP contribution is 2.18. The molecule has 0 bridgehead atoms. The summed E-state index contributed by atoms with van der Waals surface area (Å²) < 4.78 is 5.71. The Bertz CT molecular complexity index is 579. The summed E-state index contributed by atoms with van der Waals surface area (Å²) in [4.78, 5) is 10.9. The summed E-state index contributed by atoms with van der Waals surface area (Å²) in [7, 11) is 0. The van der Waals surface area contributed by atoms with Gasteiger partial charge in [0.25, 0.3) is 0 Å². The number of aldehydes is 1. The van der Waals surface area contributed by atoms with E-state index in [2.05, 4.69) is 0 Å². The summed E-state index contributed by atoms with van der Waals surface area (Å²) in [5.74, 6) is 0.855. The van der Waals surface area contributed by atoms with Gasteiger partial charge < -0.3 is 14.9 Å². The number of para-hydroxylation sites is 1. The molecule has 4 heteroatoms. The van der Waals surface area contributed by atoms with Gasteiger partial charge in [-0.15, -0.1) is 0 Å². The predicted molar refractivity (Wildman–Crippen MR) is 86.1 cm³/mol. The van der Waals surface area contributed by atoms with Crippen LogP contribution in [0.5, 0.6) is 5.75 Å². The van der Waals surface area contributed by atoms with Gasteiger partial charge in [-0.05, 0) is 31.0 Å². The number of carbonyl (C=O) groups excluding carboxylic acids is 1. The Hall–Kier alpha value is -2.17. The lowest BCUT2D eigenvalue weighted by Crippen LogP contribution is -2.03. The molecule has 118 valence electrons. The van der Waals surface area contributed by atoms with E-state index in [1.807, 2.05) is 49.4 Å². The number of carbonyl (C=O) groups is 1. The molecule has 0 aliphatic heterocycles. The number of rotatable bonds is 5. The quantitative estimate of drug-likeness (QED) is 0.833. The largest absolute Gasteiger partial charge is 0.489 e. The lowest BCUT2D eigenvalue weighted by molar-refractivity contribution is 0.110. The molecule has 0 aromatic heterocycles. The molecule has 0 heterocycles. The minimum absolute atomic E-state index is 0.139. The molecule has 0 aliphatic carbocycles. The van der Waals surface area contributed by atoms with Crippen molar-refractivity contribution in [2.75, 3.05) is 6.61 Å². The molecule has 2 aromatic rings. The first-order valence-corrected chi connectivity index (χ1v) is 7.09. The third-order valence-electron chi connectivity index (χ3n) is 2.92. The van der Waals surface area contributed by atoms with Crippen LogP contribution in [-0.4, -0.2) is 29.2 Å².